The number of hydrogen-bond donors (Lipinski definition) is 2. The topological polar surface area (TPSA) is 59.0 Å². The zero-order valence-electron chi connectivity index (χ0n) is 11.2. The molecule has 0 radical (unpaired) electrons. The van der Waals surface area contributed by atoms with Gasteiger partial charge < -0.3 is 10.6 Å². The van der Waals surface area contributed by atoms with Crippen molar-refractivity contribution in [2.45, 2.75) is 32.7 Å². The van der Waals surface area contributed by atoms with E-state index in [1.807, 2.05) is 11.7 Å². The van der Waals surface area contributed by atoms with Crippen LogP contribution in [0.4, 0.5) is 0 Å². The number of carbonyl (C=O) groups is 1. The molecule has 2 rings (SSSR count). The Morgan fingerprint density at radius 3 is 2.94 bits per heavy atom. The lowest BCUT2D eigenvalue weighted by molar-refractivity contribution is -0.122. The second kappa shape index (κ2) is 6.00. The van der Waals surface area contributed by atoms with Gasteiger partial charge in [-0.05, 0) is 19.3 Å². The van der Waals surface area contributed by atoms with Gasteiger partial charge in [-0.1, -0.05) is 6.92 Å². The van der Waals surface area contributed by atoms with Crippen molar-refractivity contribution in [3.63, 3.8) is 0 Å². The van der Waals surface area contributed by atoms with Crippen molar-refractivity contribution < 1.29 is 4.79 Å². The Balaban J connectivity index is 1.63. The summed E-state index contributed by atoms with van der Waals surface area (Å²) >= 11 is 0. The Morgan fingerprint density at radius 1 is 1.50 bits per heavy atom. The summed E-state index contributed by atoms with van der Waals surface area (Å²) < 4.78 is 1.85. The summed E-state index contributed by atoms with van der Waals surface area (Å²) in [5, 5.41) is 10.7. The highest BCUT2D eigenvalue weighted by Gasteiger charge is 2.28. The second-order valence-corrected chi connectivity index (χ2v) is 4.87. The van der Waals surface area contributed by atoms with Crippen molar-refractivity contribution in [3.8, 4) is 0 Å². The van der Waals surface area contributed by atoms with Crippen LogP contribution < -0.4 is 10.6 Å². The van der Waals surface area contributed by atoms with E-state index in [1.54, 1.807) is 0 Å². The van der Waals surface area contributed by atoms with Gasteiger partial charge in [0, 0.05) is 44.4 Å². The quantitative estimate of drug-likeness (QED) is 0.697. The zero-order valence-corrected chi connectivity index (χ0v) is 11.2. The van der Waals surface area contributed by atoms with Gasteiger partial charge in [0.1, 0.15) is 0 Å². The summed E-state index contributed by atoms with van der Waals surface area (Å²) in [6.07, 6.45) is 5.13. The van der Waals surface area contributed by atoms with Crippen LogP contribution in [-0.2, 0) is 24.8 Å². The van der Waals surface area contributed by atoms with Gasteiger partial charge in [0.25, 0.3) is 0 Å². The molecular formula is C13H22N4O. The third-order valence-corrected chi connectivity index (χ3v) is 3.19. The highest BCUT2D eigenvalue weighted by Crippen LogP contribution is 2.28. The summed E-state index contributed by atoms with van der Waals surface area (Å²) in [6, 6.07) is 0. The van der Waals surface area contributed by atoms with Crippen LogP contribution in [0.25, 0.3) is 0 Å². The first-order chi connectivity index (χ1) is 8.70. The molecule has 5 nitrogen and oxygen atoms in total. The highest BCUT2D eigenvalue weighted by molar-refractivity contribution is 5.80. The van der Waals surface area contributed by atoms with Gasteiger partial charge in [-0.2, -0.15) is 5.10 Å². The number of aromatic nitrogens is 2. The van der Waals surface area contributed by atoms with Gasteiger partial charge in [0.15, 0.2) is 0 Å². The number of rotatable bonds is 7. The Labute approximate surface area is 108 Å². The Hall–Kier alpha value is -1.36. The van der Waals surface area contributed by atoms with E-state index in [4.69, 9.17) is 0 Å². The molecule has 1 heterocycles. The van der Waals surface area contributed by atoms with Crippen LogP contribution in [0.2, 0.25) is 0 Å². The minimum absolute atomic E-state index is 0.215. The van der Waals surface area contributed by atoms with Crippen LogP contribution in [0.3, 0.4) is 0 Å². The van der Waals surface area contributed by atoms with E-state index in [1.165, 1.54) is 5.56 Å². The van der Waals surface area contributed by atoms with Crippen molar-refractivity contribution in [2.75, 3.05) is 13.1 Å². The molecule has 0 unspecified atom stereocenters. The predicted molar refractivity (Wildman–Crippen MR) is 70.0 cm³/mol. The second-order valence-electron chi connectivity index (χ2n) is 4.87. The molecule has 1 saturated carbocycles. The van der Waals surface area contributed by atoms with Crippen molar-refractivity contribution in [1.82, 2.24) is 20.4 Å². The lowest BCUT2D eigenvalue weighted by Gasteiger charge is -2.06. The summed E-state index contributed by atoms with van der Waals surface area (Å²) in [5.74, 6) is 0.516. The zero-order chi connectivity index (χ0) is 13.0. The van der Waals surface area contributed by atoms with Gasteiger partial charge >= 0.3 is 0 Å². The van der Waals surface area contributed by atoms with E-state index < -0.39 is 0 Å². The average molecular weight is 250 g/mol. The summed E-state index contributed by atoms with van der Waals surface area (Å²) in [5.41, 5.74) is 2.39. The molecule has 5 heteroatoms. The molecule has 0 saturated heterocycles. The molecule has 2 N–H and O–H groups in total. The minimum atomic E-state index is 0.215. The molecule has 0 bridgehead atoms. The molecule has 0 aliphatic heterocycles. The predicted octanol–water partition coefficient (Wildman–Crippen LogP) is 0.598. The van der Waals surface area contributed by atoms with Crippen LogP contribution in [-0.4, -0.2) is 28.8 Å². The number of nitrogens with zero attached hydrogens (tertiary/aromatic N) is 2. The summed E-state index contributed by atoms with van der Waals surface area (Å²) in [4.78, 5) is 11.4. The van der Waals surface area contributed by atoms with Crippen LogP contribution in [0, 0.1) is 5.92 Å². The molecular weight excluding hydrogens is 228 g/mol. The molecule has 0 aromatic carbocycles. The third kappa shape index (κ3) is 3.57. The van der Waals surface area contributed by atoms with Gasteiger partial charge in [0.05, 0.1) is 5.69 Å². The number of amides is 1. The van der Waals surface area contributed by atoms with Gasteiger partial charge in [-0.3, -0.25) is 9.48 Å². The van der Waals surface area contributed by atoms with E-state index in [0.29, 0.717) is 12.5 Å². The maximum Gasteiger partial charge on any atom is 0.223 e. The largest absolute Gasteiger partial charge is 0.355 e. The van der Waals surface area contributed by atoms with Gasteiger partial charge in [0.2, 0.25) is 5.91 Å². The number of nitrogens with one attached hydrogen (secondary N) is 2. The molecule has 1 amide bonds. The first-order valence-corrected chi connectivity index (χ1v) is 6.70. The van der Waals surface area contributed by atoms with E-state index >= 15 is 0 Å². The van der Waals surface area contributed by atoms with E-state index in [-0.39, 0.29) is 5.91 Å². The SMILES string of the molecule is CCc1nn(C)cc1CNCCNC(=O)C1CC1. The Kier molecular flexibility index (Phi) is 4.36. The van der Waals surface area contributed by atoms with Gasteiger partial charge in [-0.15, -0.1) is 0 Å². The molecule has 1 aromatic heterocycles. The van der Waals surface area contributed by atoms with Crippen LogP contribution in [0.15, 0.2) is 6.20 Å². The Morgan fingerprint density at radius 2 is 2.28 bits per heavy atom. The molecule has 0 spiro atoms. The monoisotopic (exact) mass is 250 g/mol. The molecule has 1 aliphatic rings. The summed E-state index contributed by atoms with van der Waals surface area (Å²) in [6.45, 7) is 4.44. The van der Waals surface area contributed by atoms with Crippen LogP contribution in [0.5, 0.6) is 0 Å². The fourth-order valence-electron chi connectivity index (χ4n) is 2.02. The first kappa shape index (κ1) is 13.1. The summed E-state index contributed by atoms with van der Waals surface area (Å²) in [7, 11) is 1.94. The number of carbonyl (C=O) groups excluding carboxylic acids is 1. The molecule has 1 aliphatic carbocycles. The highest BCUT2D eigenvalue weighted by atomic mass is 16.2. The lowest BCUT2D eigenvalue weighted by Crippen LogP contribution is -2.32. The van der Waals surface area contributed by atoms with E-state index in [2.05, 4.69) is 28.9 Å². The van der Waals surface area contributed by atoms with E-state index in [0.717, 1.165) is 38.0 Å². The molecule has 1 aromatic rings. The number of hydrogen-bond acceptors (Lipinski definition) is 3. The fourth-order valence-corrected chi connectivity index (χ4v) is 2.02. The smallest absolute Gasteiger partial charge is 0.223 e. The van der Waals surface area contributed by atoms with Crippen molar-refractivity contribution in [3.05, 3.63) is 17.5 Å². The van der Waals surface area contributed by atoms with Gasteiger partial charge in [-0.25, -0.2) is 0 Å². The first-order valence-electron chi connectivity index (χ1n) is 6.70. The maximum atomic E-state index is 11.4. The lowest BCUT2D eigenvalue weighted by atomic mass is 10.2. The molecule has 1 fully saturated rings. The van der Waals surface area contributed by atoms with Crippen LogP contribution in [0.1, 0.15) is 31.0 Å². The molecule has 18 heavy (non-hydrogen) atoms. The average Bonchev–Trinajstić information content (AvgIpc) is 3.13. The Bertz CT molecular complexity index is 409. The molecule has 0 atom stereocenters. The van der Waals surface area contributed by atoms with E-state index in [9.17, 15) is 4.79 Å². The van der Waals surface area contributed by atoms with Crippen molar-refractivity contribution in [2.24, 2.45) is 13.0 Å². The van der Waals surface area contributed by atoms with Crippen molar-refractivity contribution in [1.29, 1.82) is 0 Å². The normalized spacial score (nSPS) is 14.8. The van der Waals surface area contributed by atoms with Crippen molar-refractivity contribution >= 4 is 5.91 Å². The third-order valence-electron chi connectivity index (χ3n) is 3.19. The standard InChI is InChI=1S/C13H22N4O/c1-3-12-11(9-17(2)16-12)8-14-6-7-15-13(18)10-4-5-10/h9-10,14H,3-8H2,1-2H3,(H,15,18). The molecule has 100 valence electrons. The fraction of sp³-hybridized carbons (Fsp3) is 0.692. The minimum Gasteiger partial charge on any atom is -0.355 e. The maximum absolute atomic E-state index is 11.4. The number of aryl methyl sites for hydroxylation is 2. The van der Waals surface area contributed by atoms with Crippen LogP contribution >= 0.6 is 0 Å².